The number of carbonyl (C=O) groups is 4. The Hall–Kier alpha value is -4.77. The summed E-state index contributed by atoms with van der Waals surface area (Å²) in [4.78, 5) is 70.5. The van der Waals surface area contributed by atoms with E-state index < -0.39 is 41.5 Å². The lowest BCUT2D eigenvalue weighted by molar-refractivity contribution is -0.141. The van der Waals surface area contributed by atoms with Gasteiger partial charge in [0.25, 0.3) is 11.5 Å². The van der Waals surface area contributed by atoms with E-state index in [4.69, 9.17) is 26.8 Å². The van der Waals surface area contributed by atoms with Crippen LogP contribution in [0.3, 0.4) is 0 Å². The first-order chi connectivity index (χ1) is 18.9. The number of nitrogens with one attached hydrogen (secondary N) is 3. The fraction of sp³-hybridized carbons (Fsp3) is 0.304. The van der Waals surface area contributed by atoms with Gasteiger partial charge in [-0.1, -0.05) is 0 Å². The van der Waals surface area contributed by atoms with Crippen LogP contribution >= 0.6 is 12.6 Å². The first kappa shape index (κ1) is 31.4. The first-order valence-corrected chi connectivity index (χ1v) is 12.2. The predicted octanol–water partition coefficient (Wildman–Crippen LogP) is -0.327. The van der Waals surface area contributed by atoms with E-state index in [1.807, 2.05) is 0 Å². The summed E-state index contributed by atoms with van der Waals surface area (Å²) in [5.41, 5.74) is 11.6. The van der Waals surface area contributed by atoms with Gasteiger partial charge in [-0.3, -0.25) is 24.2 Å². The molecule has 214 valence electrons. The molecule has 10 N–H and O–H groups in total. The van der Waals surface area contributed by atoms with Crippen molar-refractivity contribution in [2.45, 2.75) is 37.9 Å². The molecule has 0 spiro atoms. The number of aromatic amines is 1. The van der Waals surface area contributed by atoms with Crippen molar-refractivity contribution in [2.75, 3.05) is 16.8 Å². The zero-order chi connectivity index (χ0) is 29.8. The Labute approximate surface area is 231 Å². The zero-order valence-electron chi connectivity index (χ0n) is 20.9. The van der Waals surface area contributed by atoms with Gasteiger partial charge in [0.15, 0.2) is 11.2 Å². The van der Waals surface area contributed by atoms with Gasteiger partial charge < -0.3 is 37.4 Å². The van der Waals surface area contributed by atoms with Crippen molar-refractivity contribution in [1.82, 2.24) is 25.3 Å². The number of carboxylic acid groups (broad SMARTS) is 3. The van der Waals surface area contributed by atoms with E-state index in [-0.39, 0.29) is 42.1 Å². The van der Waals surface area contributed by atoms with Crippen molar-refractivity contribution >= 4 is 59.2 Å². The number of thiol groups is 1. The SMILES string of the molecule is NC(CCS)C(=O)O.Nc1nc2ncc(CNc3ccc(C(=O)NC(CCC(=O)O)C(=O)O)cc3)nc2c(=O)[nH]1. The molecule has 0 fully saturated rings. The van der Waals surface area contributed by atoms with Crippen molar-refractivity contribution in [3.05, 3.63) is 52.1 Å². The molecule has 0 radical (unpaired) electrons. The third-order valence-corrected chi connectivity index (χ3v) is 5.37. The fourth-order valence-electron chi connectivity index (χ4n) is 3.02. The van der Waals surface area contributed by atoms with Gasteiger partial charge in [-0.2, -0.15) is 17.6 Å². The van der Waals surface area contributed by atoms with Gasteiger partial charge >= 0.3 is 17.9 Å². The molecule has 17 heteroatoms. The van der Waals surface area contributed by atoms with Crippen LogP contribution in [0.1, 0.15) is 35.3 Å². The number of hydrogen-bond acceptors (Lipinski definition) is 12. The molecule has 3 aromatic rings. The van der Waals surface area contributed by atoms with E-state index in [0.717, 1.165) is 0 Å². The Morgan fingerprint density at radius 3 is 2.25 bits per heavy atom. The lowest BCUT2D eigenvalue weighted by Crippen LogP contribution is -2.41. The summed E-state index contributed by atoms with van der Waals surface area (Å²) in [6.07, 6.45) is 1.27. The maximum Gasteiger partial charge on any atom is 0.326 e. The first-order valence-electron chi connectivity index (χ1n) is 11.6. The maximum atomic E-state index is 12.3. The lowest BCUT2D eigenvalue weighted by atomic mass is 10.1. The molecule has 0 bridgehead atoms. The number of hydrogen-bond donors (Lipinski definition) is 9. The smallest absolute Gasteiger partial charge is 0.326 e. The number of carbonyl (C=O) groups excluding carboxylic acids is 1. The fourth-order valence-corrected chi connectivity index (χ4v) is 3.30. The van der Waals surface area contributed by atoms with Gasteiger partial charge in [0.2, 0.25) is 5.95 Å². The molecular formula is C23H28N8O8S. The Bertz CT molecular complexity index is 1420. The summed E-state index contributed by atoms with van der Waals surface area (Å²) in [5.74, 6) is -3.59. The molecule has 1 amide bonds. The largest absolute Gasteiger partial charge is 0.481 e. The highest BCUT2D eigenvalue weighted by Crippen LogP contribution is 2.12. The van der Waals surface area contributed by atoms with Crippen LogP contribution in [0.4, 0.5) is 11.6 Å². The maximum absolute atomic E-state index is 12.3. The molecule has 2 atom stereocenters. The summed E-state index contributed by atoms with van der Waals surface area (Å²) >= 11 is 3.81. The van der Waals surface area contributed by atoms with E-state index in [0.29, 0.717) is 23.6 Å². The van der Waals surface area contributed by atoms with Gasteiger partial charge in [-0.05, 0) is 42.9 Å². The molecule has 2 aromatic heterocycles. The van der Waals surface area contributed by atoms with Gasteiger partial charge in [-0.15, -0.1) is 0 Å². The predicted molar refractivity (Wildman–Crippen MR) is 146 cm³/mol. The molecule has 0 aliphatic carbocycles. The average molecular weight is 577 g/mol. The van der Waals surface area contributed by atoms with Crippen LogP contribution in [0.5, 0.6) is 0 Å². The minimum atomic E-state index is -1.31. The van der Waals surface area contributed by atoms with E-state index in [1.54, 1.807) is 12.1 Å². The van der Waals surface area contributed by atoms with Crippen molar-refractivity contribution < 1.29 is 34.5 Å². The number of amides is 1. The number of nitrogen functional groups attached to an aromatic ring is 1. The molecule has 0 aliphatic heterocycles. The summed E-state index contributed by atoms with van der Waals surface area (Å²) in [7, 11) is 0. The highest BCUT2D eigenvalue weighted by molar-refractivity contribution is 7.80. The van der Waals surface area contributed by atoms with Crippen LogP contribution in [-0.2, 0) is 20.9 Å². The Kier molecular flexibility index (Phi) is 11.8. The quantitative estimate of drug-likeness (QED) is 0.125. The number of aromatic nitrogens is 4. The molecular weight excluding hydrogens is 548 g/mol. The van der Waals surface area contributed by atoms with E-state index in [1.165, 1.54) is 18.3 Å². The van der Waals surface area contributed by atoms with Gasteiger partial charge in [0, 0.05) is 17.7 Å². The molecule has 2 unspecified atom stereocenters. The van der Waals surface area contributed by atoms with Crippen LogP contribution in [0.25, 0.3) is 11.2 Å². The molecule has 2 heterocycles. The van der Waals surface area contributed by atoms with E-state index in [2.05, 4.69) is 43.2 Å². The zero-order valence-corrected chi connectivity index (χ0v) is 21.8. The minimum Gasteiger partial charge on any atom is -0.481 e. The van der Waals surface area contributed by atoms with Gasteiger partial charge in [0.05, 0.1) is 18.4 Å². The van der Waals surface area contributed by atoms with E-state index >= 15 is 0 Å². The second kappa shape index (κ2) is 15.0. The molecule has 3 rings (SSSR count). The monoisotopic (exact) mass is 576 g/mol. The molecule has 0 saturated carbocycles. The topological polar surface area (TPSA) is 277 Å². The van der Waals surface area contributed by atoms with Crippen molar-refractivity contribution in [3.8, 4) is 0 Å². The van der Waals surface area contributed by atoms with Crippen molar-refractivity contribution in [1.29, 1.82) is 0 Å². The lowest BCUT2D eigenvalue weighted by Gasteiger charge is -2.14. The Balaban J connectivity index is 0.000000611. The van der Waals surface area contributed by atoms with Crippen molar-refractivity contribution in [2.24, 2.45) is 5.73 Å². The molecule has 16 nitrogen and oxygen atoms in total. The molecule has 40 heavy (non-hydrogen) atoms. The van der Waals surface area contributed by atoms with Crippen LogP contribution in [0.2, 0.25) is 0 Å². The number of carboxylic acids is 3. The number of benzene rings is 1. The van der Waals surface area contributed by atoms with Crippen LogP contribution in [-0.4, -0.2) is 76.9 Å². The molecule has 0 aliphatic rings. The third kappa shape index (κ3) is 9.84. The summed E-state index contributed by atoms with van der Waals surface area (Å²) in [5, 5.41) is 31.4. The van der Waals surface area contributed by atoms with Crippen LogP contribution < -0.4 is 27.7 Å². The number of rotatable bonds is 12. The van der Waals surface area contributed by atoms with Crippen LogP contribution in [0, 0.1) is 0 Å². The Morgan fingerprint density at radius 1 is 1.02 bits per heavy atom. The summed E-state index contributed by atoms with van der Waals surface area (Å²) < 4.78 is 0. The average Bonchev–Trinajstić information content (AvgIpc) is 2.90. The second-order valence-corrected chi connectivity index (χ2v) is 8.62. The molecule has 0 saturated heterocycles. The van der Waals surface area contributed by atoms with E-state index in [9.17, 15) is 24.0 Å². The standard InChI is InChI=1S/C19H19N7O6.C4H9NO2S/c20-19-25-15-14(17(30)26-19)23-11(8-22-15)7-21-10-3-1-9(2-4-10)16(29)24-12(18(31)32)5-6-13(27)28;5-3(1-2-8)4(6)7/h1-4,8,12,21H,5-7H2,(H,24,29)(H,27,28)(H,31,32)(H3,20,22,25,26,30);3,8H,1-2,5H2,(H,6,7). The Morgan fingerprint density at radius 2 is 1.70 bits per heavy atom. The second-order valence-electron chi connectivity index (χ2n) is 8.17. The summed E-state index contributed by atoms with van der Waals surface area (Å²) in [6.45, 7) is 0.231. The number of nitrogens with zero attached hydrogens (tertiary/aromatic N) is 3. The number of anilines is 2. The summed E-state index contributed by atoms with van der Waals surface area (Å²) in [6, 6.07) is 4.12. The number of aliphatic carboxylic acids is 3. The van der Waals surface area contributed by atoms with Crippen LogP contribution in [0.15, 0.2) is 35.3 Å². The highest BCUT2D eigenvalue weighted by atomic mass is 32.1. The highest BCUT2D eigenvalue weighted by Gasteiger charge is 2.21. The van der Waals surface area contributed by atoms with Gasteiger partial charge in [0.1, 0.15) is 12.1 Å². The number of H-pyrrole nitrogens is 1. The van der Waals surface area contributed by atoms with Gasteiger partial charge in [-0.25, -0.2) is 14.8 Å². The number of nitrogens with two attached hydrogens (primary N) is 2. The minimum absolute atomic E-state index is 0.0524. The number of fused-ring (bicyclic) bond motifs is 1. The molecule has 1 aromatic carbocycles. The normalized spacial score (nSPS) is 11.9. The van der Waals surface area contributed by atoms with Crippen molar-refractivity contribution in [3.63, 3.8) is 0 Å². The third-order valence-electron chi connectivity index (χ3n) is 5.11.